The van der Waals surface area contributed by atoms with Gasteiger partial charge in [-0.25, -0.2) is 8.42 Å². The van der Waals surface area contributed by atoms with Crippen molar-refractivity contribution in [2.75, 3.05) is 0 Å². The molecule has 0 radical (unpaired) electrons. The lowest BCUT2D eigenvalue weighted by molar-refractivity contribution is 0.512. The molecule has 2 rings (SSSR count). The van der Waals surface area contributed by atoms with Crippen LogP contribution in [0, 0.1) is 0 Å². The summed E-state index contributed by atoms with van der Waals surface area (Å²) in [4.78, 5) is 0. The first-order valence-corrected chi connectivity index (χ1v) is 8.61. The zero-order chi connectivity index (χ0) is 14.9. The van der Waals surface area contributed by atoms with Gasteiger partial charge in [-0.05, 0) is 25.5 Å². The van der Waals surface area contributed by atoms with Crippen molar-refractivity contribution < 1.29 is 8.42 Å². The van der Waals surface area contributed by atoms with E-state index in [1.807, 2.05) is 32.0 Å². The van der Waals surface area contributed by atoms with Gasteiger partial charge in [0.15, 0.2) is 0 Å². The molecule has 8 heteroatoms. The molecule has 0 spiro atoms. The van der Waals surface area contributed by atoms with E-state index in [0.29, 0.717) is 17.3 Å². The minimum absolute atomic E-state index is 0.133. The molecule has 5 nitrogen and oxygen atoms in total. The lowest BCUT2D eigenvalue weighted by Gasteiger charge is -2.12. The zero-order valence-electron chi connectivity index (χ0n) is 10.9. The summed E-state index contributed by atoms with van der Waals surface area (Å²) in [7, 11) is 1.45. The van der Waals surface area contributed by atoms with E-state index >= 15 is 0 Å². The van der Waals surface area contributed by atoms with Crippen LogP contribution in [0.15, 0.2) is 29.4 Å². The van der Waals surface area contributed by atoms with Crippen molar-refractivity contribution in [2.45, 2.75) is 31.5 Å². The summed E-state index contributed by atoms with van der Waals surface area (Å²) in [5.41, 5.74) is 0.849. The quantitative estimate of drug-likeness (QED) is 0.806. The number of rotatable bonds is 4. The second kappa shape index (κ2) is 5.71. The van der Waals surface area contributed by atoms with Crippen LogP contribution in [-0.2, 0) is 15.5 Å². The van der Waals surface area contributed by atoms with Crippen LogP contribution in [0.1, 0.15) is 31.3 Å². The van der Waals surface area contributed by atoms with Gasteiger partial charge >= 0.3 is 0 Å². The molecule has 0 aliphatic heterocycles. The highest BCUT2D eigenvalue weighted by Gasteiger charge is 2.24. The Balaban J connectivity index is 2.49. The topological polar surface area (TPSA) is 64.8 Å². The fourth-order valence-electron chi connectivity index (χ4n) is 1.93. The third-order valence-electron chi connectivity index (χ3n) is 2.78. The Bertz CT molecular complexity index is 726. The number of nitrogens with zero attached hydrogens (tertiary/aromatic N) is 3. The summed E-state index contributed by atoms with van der Waals surface area (Å²) in [6.07, 6.45) is 0.386. The van der Waals surface area contributed by atoms with Crippen molar-refractivity contribution in [2.24, 2.45) is 0 Å². The maximum atomic E-state index is 11.5. The zero-order valence-corrected chi connectivity index (χ0v) is 13.2. The summed E-state index contributed by atoms with van der Waals surface area (Å²) < 4.78 is 24.5. The maximum absolute atomic E-state index is 11.5. The monoisotopic (exact) mass is 333 g/mol. The average molecular weight is 334 g/mol. The van der Waals surface area contributed by atoms with E-state index in [9.17, 15) is 8.42 Å². The Kier molecular flexibility index (Phi) is 4.36. The van der Waals surface area contributed by atoms with Gasteiger partial charge < -0.3 is 0 Å². The van der Waals surface area contributed by atoms with Gasteiger partial charge in [0, 0.05) is 28.2 Å². The highest BCUT2D eigenvalue weighted by molar-refractivity contribution is 8.13. The molecule has 0 N–H and O–H groups in total. The predicted octanol–water partition coefficient (Wildman–Crippen LogP) is 3.03. The molecule has 0 atom stereocenters. The van der Waals surface area contributed by atoms with E-state index in [4.69, 9.17) is 22.3 Å². The molecule has 0 saturated carbocycles. The molecular weight excluding hydrogens is 321 g/mol. The predicted molar refractivity (Wildman–Crippen MR) is 77.7 cm³/mol. The van der Waals surface area contributed by atoms with Crippen LogP contribution in [-0.4, -0.2) is 23.2 Å². The van der Waals surface area contributed by atoms with Crippen LogP contribution in [0.5, 0.6) is 0 Å². The molecule has 0 fully saturated rings. The Morgan fingerprint density at radius 1 is 1.25 bits per heavy atom. The Morgan fingerprint density at radius 2 is 1.90 bits per heavy atom. The molecule has 20 heavy (non-hydrogen) atoms. The molecule has 1 aromatic heterocycles. The first-order valence-electron chi connectivity index (χ1n) is 5.92. The normalized spacial score (nSPS) is 12.1. The average Bonchev–Trinajstić information content (AvgIpc) is 2.75. The van der Waals surface area contributed by atoms with Crippen LogP contribution in [0.4, 0.5) is 0 Å². The summed E-state index contributed by atoms with van der Waals surface area (Å²) >= 11 is 6.10. The summed E-state index contributed by atoms with van der Waals surface area (Å²) in [6.45, 7) is 3.68. The Morgan fingerprint density at radius 3 is 2.45 bits per heavy atom. The molecule has 0 bridgehead atoms. The van der Waals surface area contributed by atoms with Crippen molar-refractivity contribution in [3.05, 3.63) is 40.7 Å². The molecule has 0 aliphatic carbocycles. The van der Waals surface area contributed by atoms with Gasteiger partial charge in [-0.3, -0.25) is 4.57 Å². The maximum Gasteiger partial charge on any atom is 0.296 e. The molecule has 0 unspecified atom stereocenters. The minimum atomic E-state index is -3.93. The van der Waals surface area contributed by atoms with E-state index in [1.54, 1.807) is 6.07 Å². The standard InChI is InChI=1S/C12H13Cl2N3O2S/c1-8(2)17-11(15-16-12(17)20(14,18)19)7-9-5-3-4-6-10(9)13/h3-6,8H,7H2,1-2H3. The van der Waals surface area contributed by atoms with Crippen molar-refractivity contribution in [3.63, 3.8) is 0 Å². The number of halogens is 2. The summed E-state index contributed by atoms with van der Waals surface area (Å²) in [5.74, 6) is 0.507. The van der Waals surface area contributed by atoms with Crippen LogP contribution in [0.25, 0.3) is 0 Å². The van der Waals surface area contributed by atoms with Crippen molar-refractivity contribution in [1.82, 2.24) is 14.8 Å². The van der Waals surface area contributed by atoms with Gasteiger partial charge in [0.1, 0.15) is 5.82 Å². The van der Waals surface area contributed by atoms with E-state index < -0.39 is 9.05 Å². The molecule has 2 aromatic rings. The summed E-state index contributed by atoms with van der Waals surface area (Å²) in [5, 5.41) is 7.97. The van der Waals surface area contributed by atoms with Crippen LogP contribution < -0.4 is 0 Å². The van der Waals surface area contributed by atoms with E-state index in [-0.39, 0.29) is 11.2 Å². The highest BCUT2D eigenvalue weighted by atomic mass is 35.7. The highest BCUT2D eigenvalue weighted by Crippen LogP contribution is 2.23. The lowest BCUT2D eigenvalue weighted by Crippen LogP contribution is -2.12. The van der Waals surface area contributed by atoms with Crippen LogP contribution >= 0.6 is 22.3 Å². The first kappa shape index (κ1) is 15.3. The van der Waals surface area contributed by atoms with Crippen LogP contribution in [0.3, 0.4) is 0 Å². The van der Waals surface area contributed by atoms with Gasteiger partial charge in [0.25, 0.3) is 14.2 Å². The molecule has 108 valence electrons. The molecule has 0 amide bonds. The SMILES string of the molecule is CC(C)n1c(Cc2ccccc2Cl)nnc1S(=O)(=O)Cl. The fourth-order valence-corrected chi connectivity index (χ4v) is 3.13. The van der Waals surface area contributed by atoms with E-state index in [0.717, 1.165) is 5.56 Å². The second-order valence-electron chi connectivity index (χ2n) is 4.57. The molecule has 0 aliphatic rings. The fraction of sp³-hybridized carbons (Fsp3) is 0.333. The molecule has 1 heterocycles. The van der Waals surface area contributed by atoms with Gasteiger partial charge in [-0.1, -0.05) is 29.8 Å². The largest absolute Gasteiger partial charge is 0.298 e. The van der Waals surface area contributed by atoms with Gasteiger partial charge in [0.05, 0.1) is 0 Å². The lowest BCUT2D eigenvalue weighted by atomic mass is 10.1. The number of benzene rings is 1. The smallest absolute Gasteiger partial charge is 0.296 e. The first-order chi connectivity index (χ1) is 9.30. The summed E-state index contributed by atoms with van der Waals surface area (Å²) in [6, 6.07) is 7.18. The van der Waals surface area contributed by atoms with Gasteiger partial charge in [-0.15, -0.1) is 10.2 Å². The van der Waals surface area contributed by atoms with E-state index in [2.05, 4.69) is 10.2 Å². The number of aromatic nitrogens is 3. The Hall–Kier alpha value is -1.11. The van der Waals surface area contributed by atoms with Gasteiger partial charge in [-0.2, -0.15) is 0 Å². The second-order valence-corrected chi connectivity index (χ2v) is 7.44. The van der Waals surface area contributed by atoms with Crippen LogP contribution in [0.2, 0.25) is 5.02 Å². The molecular formula is C12H13Cl2N3O2S. The molecule has 1 aromatic carbocycles. The van der Waals surface area contributed by atoms with Crippen molar-refractivity contribution >= 4 is 31.3 Å². The third-order valence-corrected chi connectivity index (χ3v) is 4.27. The Labute approximate surface area is 127 Å². The van der Waals surface area contributed by atoms with Gasteiger partial charge in [0.2, 0.25) is 0 Å². The van der Waals surface area contributed by atoms with Crippen molar-refractivity contribution in [1.29, 1.82) is 0 Å². The number of hydrogen-bond donors (Lipinski definition) is 0. The van der Waals surface area contributed by atoms with E-state index in [1.165, 1.54) is 4.57 Å². The minimum Gasteiger partial charge on any atom is -0.298 e. The molecule has 0 saturated heterocycles. The third kappa shape index (κ3) is 3.13. The van der Waals surface area contributed by atoms with Crippen molar-refractivity contribution in [3.8, 4) is 0 Å². The number of hydrogen-bond acceptors (Lipinski definition) is 4.